The molecule has 8 heteroatoms. The number of hydrogen-bond acceptors (Lipinski definition) is 5. The Morgan fingerprint density at radius 3 is 2.40 bits per heavy atom. The first-order chi connectivity index (χ1) is 9.08. The van der Waals surface area contributed by atoms with Crippen LogP contribution in [0.15, 0.2) is 0 Å². The molecule has 0 aromatic heterocycles. The third kappa shape index (κ3) is 5.14. The number of urea groups is 1. The number of carboxylic acid groups (broad SMARTS) is 1. The highest BCUT2D eigenvalue weighted by Gasteiger charge is 2.37. The van der Waals surface area contributed by atoms with Gasteiger partial charge in [0.25, 0.3) is 0 Å². The molecule has 0 aromatic carbocycles. The molecule has 3 amide bonds. The van der Waals surface area contributed by atoms with Crippen molar-refractivity contribution in [2.75, 3.05) is 13.1 Å². The molecule has 1 aliphatic rings. The molecule has 8 nitrogen and oxygen atoms in total. The number of amides is 3. The average molecular weight is 287 g/mol. The first-order valence-electron chi connectivity index (χ1n) is 6.35. The molecule has 114 valence electrons. The number of β-amino-alcohol motifs (C(OH)–C–C–N with tert-alkyl or cyclic N) is 1. The summed E-state index contributed by atoms with van der Waals surface area (Å²) >= 11 is 0. The lowest BCUT2D eigenvalue weighted by molar-refractivity contribution is -0.142. The molecule has 1 fully saturated rings. The molecule has 0 aromatic rings. The zero-order chi connectivity index (χ0) is 15.5. The molecule has 0 bridgehead atoms. The molecule has 0 spiro atoms. The Hall–Kier alpha value is -1.67. The van der Waals surface area contributed by atoms with E-state index in [0.717, 1.165) is 0 Å². The van der Waals surface area contributed by atoms with Crippen LogP contribution in [0.5, 0.6) is 0 Å². The van der Waals surface area contributed by atoms with Gasteiger partial charge in [-0.3, -0.25) is 19.8 Å². The van der Waals surface area contributed by atoms with E-state index in [2.05, 4.69) is 10.6 Å². The van der Waals surface area contributed by atoms with Crippen molar-refractivity contribution in [1.82, 2.24) is 15.5 Å². The summed E-state index contributed by atoms with van der Waals surface area (Å²) in [4.78, 5) is 35.5. The van der Waals surface area contributed by atoms with E-state index in [1.165, 1.54) is 4.90 Å². The van der Waals surface area contributed by atoms with E-state index in [4.69, 9.17) is 5.11 Å². The van der Waals surface area contributed by atoms with Crippen molar-refractivity contribution in [2.24, 2.45) is 0 Å². The van der Waals surface area contributed by atoms with Crippen LogP contribution >= 0.6 is 0 Å². The standard InChI is InChI=1S/C12H21N3O5/c1-12(2,3)14-11(20)13-9(17)6-15-5-7(16)4-8(15)10(18)19/h7-8,16H,4-6H2,1-3H3,(H,18,19)(H2,13,14,17,20). The van der Waals surface area contributed by atoms with Gasteiger partial charge in [-0.25, -0.2) is 4.79 Å². The lowest BCUT2D eigenvalue weighted by Gasteiger charge is -2.22. The third-order valence-corrected chi connectivity index (χ3v) is 2.75. The van der Waals surface area contributed by atoms with Crippen molar-refractivity contribution in [3.8, 4) is 0 Å². The van der Waals surface area contributed by atoms with Crippen molar-refractivity contribution in [2.45, 2.75) is 44.9 Å². The number of carbonyl (C=O) groups is 3. The Balaban J connectivity index is 2.49. The number of aliphatic carboxylic acids is 1. The summed E-state index contributed by atoms with van der Waals surface area (Å²) in [5.41, 5.74) is -0.474. The monoisotopic (exact) mass is 287 g/mol. The van der Waals surface area contributed by atoms with E-state index in [1.807, 2.05) is 0 Å². The van der Waals surface area contributed by atoms with Crippen LogP contribution in [0.2, 0.25) is 0 Å². The molecule has 0 radical (unpaired) electrons. The second-order valence-electron chi connectivity index (χ2n) is 5.93. The van der Waals surface area contributed by atoms with Gasteiger partial charge in [-0.1, -0.05) is 0 Å². The predicted molar refractivity (Wildman–Crippen MR) is 70.0 cm³/mol. The van der Waals surface area contributed by atoms with Gasteiger partial charge in [-0.15, -0.1) is 0 Å². The molecule has 1 aliphatic heterocycles. The maximum Gasteiger partial charge on any atom is 0.321 e. The van der Waals surface area contributed by atoms with Gasteiger partial charge in [-0.05, 0) is 20.8 Å². The summed E-state index contributed by atoms with van der Waals surface area (Å²) in [6.07, 6.45) is -0.691. The minimum Gasteiger partial charge on any atom is -0.480 e. The normalized spacial score (nSPS) is 23.4. The SMILES string of the molecule is CC(C)(C)NC(=O)NC(=O)CN1CC(O)CC1C(=O)O. The van der Waals surface area contributed by atoms with Crippen molar-refractivity contribution in [3.05, 3.63) is 0 Å². The van der Waals surface area contributed by atoms with E-state index in [-0.39, 0.29) is 19.5 Å². The second kappa shape index (κ2) is 6.19. The summed E-state index contributed by atoms with van der Waals surface area (Å²) in [5, 5.41) is 23.1. The summed E-state index contributed by atoms with van der Waals surface area (Å²) in [5.74, 6) is -1.69. The van der Waals surface area contributed by atoms with E-state index < -0.39 is 35.6 Å². The number of rotatable bonds is 3. The molecule has 1 saturated heterocycles. The molecule has 1 heterocycles. The number of carbonyl (C=O) groups excluding carboxylic acids is 2. The molecule has 0 aliphatic carbocycles. The van der Waals surface area contributed by atoms with Gasteiger partial charge in [0.15, 0.2) is 0 Å². The van der Waals surface area contributed by atoms with Crippen LogP contribution in [0.25, 0.3) is 0 Å². The van der Waals surface area contributed by atoms with Crippen LogP contribution < -0.4 is 10.6 Å². The number of aliphatic hydroxyl groups is 1. The third-order valence-electron chi connectivity index (χ3n) is 2.75. The predicted octanol–water partition coefficient (Wildman–Crippen LogP) is -0.869. The van der Waals surface area contributed by atoms with Crippen molar-refractivity contribution in [3.63, 3.8) is 0 Å². The number of nitrogens with zero attached hydrogens (tertiary/aromatic N) is 1. The first kappa shape index (κ1) is 16.4. The Morgan fingerprint density at radius 1 is 1.30 bits per heavy atom. The molecular weight excluding hydrogens is 266 g/mol. The zero-order valence-electron chi connectivity index (χ0n) is 11.8. The largest absolute Gasteiger partial charge is 0.480 e. The Labute approximate surface area is 117 Å². The number of nitrogens with one attached hydrogen (secondary N) is 2. The van der Waals surface area contributed by atoms with Crippen LogP contribution in [0.3, 0.4) is 0 Å². The molecule has 2 atom stereocenters. The quantitative estimate of drug-likeness (QED) is 0.536. The molecular formula is C12H21N3O5. The van der Waals surface area contributed by atoms with E-state index in [9.17, 15) is 19.5 Å². The smallest absolute Gasteiger partial charge is 0.321 e. The van der Waals surface area contributed by atoms with E-state index >= 15 is 0 Å². The molecule has 20 heavy (non-hydrogen) atoms. The maximum atomic E-state index is 11.7. The van der Waals surface area contributed by atoms with Crippen molar-refractivity contribution >= 4 is 17.9 Å². The highest BCUT2D eigenvalue weighted by atomic mass is 16.4. The van der Waals surface area contributed by atoms with E-state index in [1.54, 1.807) is 20.8 Å². The molecule has 1 rings (SSSR count). The van der Waals surface area contributed by atoms with Crippen LogP contribution in [0.4, 0.5) is 4.79 Å². The number of hydrogen-bond donors (Lipinski definition) is 4. The van der Waals surface area contributed by atoms with Crippen LogP contribution in [-0.2, 0) is 9.59 Å². The Kier molecular flexibility index (Phi) is 5.07. The van der Waals surface area contributed by atoms with Crippen LogP contribution in [-0.4, -0.2) is 63.8 Å². The van der Waals surface area contributed by atoms with Gasteiger partial charge in [0.05, 0.1) is 12.6 Å². The first-order valence-corrected chi connectivity index (χ1v) is 6.35. The summed E-state index contributed by atoms with van der Waals surface area (Å²) in [6, 6.07) is -1.53. The van der Waals surface area contributed by atoms with Crippen molar-refractivity contribution in [1.29, 1.82) is 0 Å². The number of imide groups is 1. The van der Waals surface area contributed by atoms with Crippen LogP contribution in [0.1, 0.15) is 27.2 Å². The lowest BCUT2D eigenvalue weighted by atomic mass is 10.1. The fraction of sp³-hybridized carbons (Fsp3) is 0.750. The van der Waals surface area contributed by atoms with Gasteiger partial charge in [0, 0.05) is 18.5 Å². The van der Waals surface area contributed by atoms with Gasteiger partial charge >= 0.3 is 12.0 Å². The minimum atomic E-state index is -1.09. The Morgan fingerprint density at radius 2 is 1.90 bits per heavy atom. The topological polar surface area (TPSA) is 119 Å². The molecule has 2 unspecified atom stereocenters. The van der Waals surface area contributed by atoms with Gasteiger partial charge < -0.3 is 15.5 Å². The zero-order valence-corrected chi connectivity index (χ0v) is 11.8. The molecule has 0 saturated carbocycles. The summed E-state index contributed by atoms with van der Waals surface area (Å²) < 4.78 is 0. The van der Waals surface area contributed by atoms with Crippen molar-refractivity contribution < 1.29 is 24.6 Å². The molecule has 4 N–H and O–H groups in total. The highest BCUT2D eigenvalue weighted by Crippen LogP contribution is 2.17. The summed E-state index contributed by atoms with van der Waals surface area (Å²) in [6.45, 7) is 5.17. The fourth-order valence-corrected chi connectivity index (χ4v) is 2.03. The van der Waals surface area contributed by atoms with Gasteiger partial charge in [0.2, 0.25) is 5.91 Å². The maximum absolute atomic E-state index is 11.7. The number of likely N-dealkylation sites (tertiary alicyclic amines) is 1. The minimum absolute atomic E-state index is 0.0802. The van der Waals surface area contributed by atoms with Gasteiger partial charge in [0.1, 0.15) is 6.04 Å². The number of carboxylic acids is 1. The second-order valence-corrected chi connectivity index (χ2v) is 5.93. The fourth-order valence-electron chi connectivity index (χ4n) is 2.03. The van der Waals surface area contributed by atoms with Crippen LogP contribution in [0, 0.1) is 0 Å². The average Bonchev–Trinajstić information content (AvgIpc) is 2.55. The number of aliphatic hydroxyl groups excluding tert-OH is 1. The lowest BCUT2D eigenvalue weighted by Crippen LogP contribution is -2.51. The summed E-state index contributed by atoms with van der Waals surface area (Å²) in [7, 11) is 0. The van der Waals surface area contributed by atoms with Gasteiger partial charge in [-0.2, -0.15) is 0 Å². The Bertz CT molecular complexity index is 404. The van der Waals surface area contributed by atoms with E-state index in [0.29, 0.717) is 0 Å². The highest BCUT2D eigenvalue weighted by molar-refractivity contribution is 5.95.